The summed E-state index contributed by atoms with van der Waals surface area (Å²) < 4.78 is 78.5. The number of esters is 1. The van der Waals surface area contributed by atoms with Crippen LogP contribution in [0.2, 0.25) is 0 Å². The Kier molecular flexibility index (Phi) is 22.3. The number of terminal acetylenes is 1. The van der Waals surface area contributed by atoms with Gasteiger partial charge in [-0.1, -0.05) is 234 Å². The van der Waals surface area contributed by atoms with Gasteiger partial charge in [-0.2, -0.15) is 14.4 Å². The zero-order valence-corrected chi connectivity index (χ0v) is 53.5. The number of carbonyl (C=O) groups is 2. The zero-order valence-electron chi connectivity index (χ0n) is 52.6. The van der Waals surface area contributed by atoms with Crippen molar-refractivity contribution in [2.75, 3.05) is 32.8 Å². The third-order valence-corrected chi connectivity index (χ3v) is 18.6. The van der Waals surface area contributed by atoms with E-state index in [2.05, 4.69) is 33.2 Å². The summed E-state index contributed by atoms with van der Waals surface area (Å²) in [5, 5.41) is 17.1. The molecule has 7 aromatic carbocycles. The van der Waals surface area contributed by atoms with E-state index in [4.69, 9.17) is 44.1 Å². The maximum Gasteiger partial charge on any atom is 0.407 e. The molecule has 9 aromatic rings. The van der Waals surface area contributed by atoms with E-state index in [1.54, 1.807) is 44.6 Å². The van der Waals surface area contributed by atoms with Crippen molar-refractivity contribution in [3.05, 3.63) is 252 Å². The molecule has 0 saturated carbocycles. The molecule has 17 nitrogen and oxygen atoms in total. The predicted octanol–water partition coefficient (Wildman–Crippen LogP) is 14.6. The number of benzene rings is 7. The number of methoxy groups -OCH3 is 2. The normalized spacial score (nSPS) is 17.0. The fourth-order valence-electron chi connectivity index (χ4n) is 12.0. The zero-order chi connectivity index (χ0) is 65.3. The predicted molar refractivity (Wildman–Crippen MR) is 354 cm³/mol. The second-order valence-electron chi connectivity index (χ2n) is 23.0. The minimum Gasteiger partial charge on any atom is -0.497 e. The number of nitrogens with one attached hydrogen (secondary N) is 2. The summed E-state index contributed by atoms with van der Waals surface area (Å²) in [6.45, 7) is 2.80. The van der Waals surface area contributed by atoms with E-state index in [-0.39, 0.29) is 36.4 Å². The number of imidazole rings is 1. The summed E-state index contributed by atoms with van der Waals surface area (Å²) in [5.41, 5.74) is 0.239. The second-order valence-corrected chi connectivity index (χ2v) is 24.7. The first-order valence-corrected chi connectivity index (χ1v) is 33.0. The lowest BCUT2D eigenvalue weighted by atomic mass is 9.77. The number of carbonyl (C=O) groups excluding carboxylic acids is 1. The fraction of sp³-hybridized carbons (Fsp3) is 0.311. The average molecular weight is 1280 g/mol. The number of rotatable bonds is 33. The number of hydrogen-bond donors (Lipinski definition) is 3. The van der Waals surface area contributed by atoms with Gasteiger partial charge < -0.3 is 34.1 Å². The molecule has 0 bridgehead atoms. The number of anilines is 1. The van der Waals surface area contributed by atoms with Gasteiger partial charge in [-0.05, 0) is 83.0 Å². The molecule has 93 heavy (non-hydrogen) atoms. The summed E-state index contributed by atoms with van der Waals surface area (Å²) in [4.78, 5) is 40.8. The lowest BCUT2D eigenvalue weighted by molar-refractivity contribution is -0.152. The van der Waals surface area contributed by atoms with Crippen molar-refractivity contribution in [2.24, 2.45) is 0 Å². The van der Waals surface area contributed by atoms with Crippen LogP contribution >= 0.6 is 7.75 Å². The molecule has 0 aliphatic carbocycles. The Morgan fingerprint density at radius 2 is 1.22 bits per heavy atom. The van der Waals surface area contributed by atoms with Crippen LogP contribution in [0.5, 0.6) is 11.5 Å². The topological polar surface area (TPSA) is 204 Å². The van der Waals surface area contributed by atoms with Gasteiger partial charge in [0.15, 0.2) is 28.7 Å². The Balaban J connectivity index is 1.08. The van der Waals surface area contributed by atoms with Crippen molar-refractivity contribution >= 4 is 36.7 Å². The molecule has 1 aliphatic rings. The van der Waals surface area contributed by atoms with E-state index < -0.39 is 73.6 Å². The number of aliphatic carboxylic acids is 1. The van der Waals surface area contributed by atoms with Crippen LogP contribution in [-0.2, 0) is 55.0 Å². The number of hydrogen-bond acceptors (Lipinski definition) is 14. The SMILES string of the molecule is C#C[C@]1(COP(=O)(NC(Cc2ccccc2)C(=O)O)OC(C)C(=O)OCCCCCCCCCC)O[C@@H](n2cnc3c(NC(c4ccccc4)(c4ccccc4)c4ccc(OC)cc4)nc(F)nc32)C[C@@H]1OC(c1ccccc1)(c1ccccc1)c1ccc(OC)cc1. The highest BCUT2D eigenvalue weighted by Crippen LogP contribution is 2.53. The summed E-state index contributed by atoms with van der Waals surface area (Å²) >= 11 is 0. The van der Waals surface area contributed by atoms with E-state index in [1.165, 1.54) is 30.7 Å². The van der Waals surface area contributed by atoms with Crippen molar-refractivity contribution in [1.29, 1.82) is 0 Å². The van der Waals surface area contributed by atoms with Gasteiger partial charge in [-0.25, -0.2) is 19.4 Å². The monoisotopic (exact) mass is 1280 g/mol. The molecule has 2 aromatic heterocycles. The number of halogens is 1. The molecule has 3 heterocycles. The highest BCUT2D eigenvalue weighted by Gasteiger charge is 2.56. The summed E-state index contributed by atoms with van der Waals surface area (Å²) in [5.74, 6) is 1.84. The molecule has 1 fully saturated rings. The molecule has 0 radical (unpaired) electrons. The molecule has 0 amide bonds. The molecule has 1 saturated heterocycles. The van der Waals surface area contributed by atoms with Crippen LogP contribution in [0.1, 0.15) is 117 Å². The smallest absolute Gasteiger partial charge is 0.407 e. The number of unbranched alkanes of at least 4 members (excludes halogenated alkanes) is 7. The van der Waals surface area contributed by atoms with E-state index in [0.717, 1.165) is 48.8 Å². The van der Waals surface area contributed by atoms with Crippen LogP contribution in [0.15, 0.2) is 207 Å². The Morgan fingerprint density at radius 1 is 0.720 bits per heavy atom. The van der Waals surface area contributed by atoms with E-state index in [9.17, 15) is 14.7 Å². The fourth-order valence-corrected chi connectivity index (χ4v) is 13.7. The maximum atomic E-state index is 16.8. The standard InChI is InChI=1S/C74H78FN6O11P/c1-6-8-9-10-11-12-13-29-48-88-70(84)53(3)92-93(85,80-63(69(82)83)49-54-30-19-14-20-31-54)89-51-72(7-2)64(90-74(58-36-25-17-26-37-58,59-38-27-18-28-39-59)60-42-46-62(87-5)47-43-60)50-65(91-72)81-52-76-66-67(77-71(75)78-68(66)81)79-73(55-32-21-15-22-33-55,56-34-23-16-24-35-56)57-40-44-61(86-4)45-41-57/h2,14-28,30-47,52-53,63-65H,6,8-13,29,48-51H2,1,3-5H3,(H,80,85)(H,82,83)(H,77,78,79)/t53?,63?,64-,65+,72+,93?/m0/s1. The van der Waals surface area contributed by atoms with Gasteiger partial charge in [0.25, 0.3) is 0 Å². The van der Waals surface area contributed by atoms with Crippen LogP contribution < -0.4 is 19.9 Å². The molecule has 482 valence electrons. The largest absolute Gasteiger partial charge is 0.497 e. The average Bonchev–Trinajstić information content (AvgIpc) is 1.71. The van der Waals surface area contributed by atoms with Crippen molar-refractivity contribution in [1.82, 2.24) is 24.6 Å². The molecular weight excluding hydrogens is 1200 g/mol. The van der Waals surface area contributed by atoms with E-state index >= 15 is 8.96 Å². The van der Waals surface area contributed by atoms with Crippen molar-refractivity contribution < 1.29 is 56.4 Å². The summed E-state index contributed by atoms with van der Waals surface area (Å²) in [6.07, 6.45) is 11.0. The number of carboxylic acids is 1. The maximum absolute atomic E-state index is 16.8. The number of ether oxygens (including phenoxy) is 5. The van der Waals surface area contributed by atoms with Gasteiger partial charge in [0.2, 0.25) is 0 Å². The Morgan fingerprint density at radius 3 is 1.74 bits per heavy atom. The first-order valence-electron chi connectivity index (χ1n) is 31.4. The third kappa shape index (κ3) is 15.4. The van der Waals surface area contributed by atoms with Gasteiger partial charge in [-0.3, -0.25) is 18.4 Å². The van der Waals surface area contributed by atoms with Gasteiger partial charge in [0.1, 0.15) is 47.6 Å². The summed E-state index contributed by atoms with van der Waals surface area (Å²) in [7, 11) is -1.86. The number of nitrogens with zero attached hydrogens (tertiary/aromatic N) is 4. The van der Waals surface area contributed by atoms with Crippen molar-refractivity contribution in [2.45, 2.75) is 119 Å². The van der Waals surface area contributed by atoms with Crippen molar-refractivity contribution in [3.8, 4) is 23.8 Å². The third-order valence-electron chi connectivity index (χ3n) is 16.9. The highest BCUT2D eigenvalue weighted by atomic mass is 31.2. The lowest BCUT2D eigenvalue weighted by Gasteiger charge is -2.41. The quantitative estimate of drug-likeness (QED) is 0.00874. The van der Waals surface area contributed by atoms with Crippen LogP contribution in [0.4, 0.5) is 10.2 Å². The van der Waals surface area contributed by atoms with Crippen LogP contribution in [0.3, 0.4) is 0 Å². The first kappa shape index (κ1) is 66.9. The molecule has 6 atom stereocenters. The van der Waals surface area contributed by atoms with Crippen LogP contribution in [0, 0.1) is 18.4 Å². The Bertz CT molecular complexity index is 3880. The molecule has 3 unspecified atom stereocenters. The van der Waals surface area contributed by atoms with E-state index in [1.807, 2.05) is 170 Å². The Hall–Kier alpha value is -9.05. The molecule has 3 N–H and O–H groups in total. The van der Waals surface area contributed by atoms with E-state index in [0.29, 0.717) is 40.2 Å². The van der Waals surface area contributed by atoms with Gasteiger partial charge in [0, 0.05) is 6.42 Å². The number of fused-ring (bicyclic) bond motifs is 1. The highest BCUT2D eigenvalue weighted by molar-refractivity contribution is 7.51. The van der Waals surface area contributed by atoms with Crippen molar-refractivity contribution in [3.63, 3.8) is 0 Å². The first-order chi connectivity index (χ1) is 45.3. The minimum absolute atomic E-state index is 0.0000231. The summed E-state index contributed by atoms with van der Waals surface area (Å²) in [6, 6.07) is 60.5. The molecular formula is C74H78FN6O11P. The second kappa shape index (κ2) is 31.0. The van der Waals surface area contributed by atoms with Gasteiger partial charge in [-0.15, -0.1) is 6.42 Å². The minimum atomic E-state index is -5.02. The molecule has 1 aliphatic heterocycles. The van der Waals surface area contributed by atoms with Crippen LogP contribution in [0.25, 0.3) is 11.2 Å². The number of carboxylic acid groups (broad SMARTS) is 1. The molecule has 19 heteroatoms. The molecule has 0 spiro atoms. The number of aromatic nitrogens is 4. The lowest BCUT2D eigenvalue weighted by Crippen LogP contribution is -2.49. The molecule has 10 rings (SSSR count). The Labute approximate surface area is 542 Å². The van der Waals surface area contributed by atoms with Crippen LogP contribution in [-0.4, -0.2) is 87.8 Å². The van der Waals surface area contributed by atoms with Gasteiger partial charge in [0.05, 0.1) is 27.2 Å². The van der Waals surface area contributed by atoms with Gasteiger partial charge >= 0.3 is 25.8 Å².